The summed E-state index contributed by atoms with van der Waals surface area (Å²) in [7, 11) is 0. The van der Waals surface area contributed by atoms with Gasteiger partial charge in [0.25, 0.3) is 0 Å². The summed E-state index contributed by atoms with van der Waals surface area (Å²) in [5.41, 5.74) is 36.2. The lowest BCUT2D eigenvalue weighted by Gasteiger charge is -2.27. The maximum atomic E-state index is 6.19. The van der Waals surface area contributed by atoms with E-state index in [-0.39, 0.29) is 0 Å². The second-order valence-electron chi connectivity index (χ2n) is 33.5. The second kappa shape index (κ2) is 32.7. The highest BCUT2D eigenvalue weighted by Gasteiger charge is 2.21. The monoisotopic (exact) mass is 1660 g/mol. The molecule has 0 saturated carbocycles. The highest BCUT2D eigenvalue weighted by atomic mass is 16.3. The van der Waals surface area contributed by atoms with Crippen molar-refractivity contribution in [3.8, 4) is 100 Å². The number of fused-ring (bicyclic) bond motifs is 13. The number of benzene rings is 21. The zero-order chi connectivity index (χ0) is 86.0. The fourth-order valence-corrected chi connectivity index (χ4v) is 19.3. The van der Waals surface area contributed by atoms with Crippen LogP contribution >= 0.6 is 0 Å². The Bertz CT molecular complexity index is 8430. The van der Waals surface area contributed by atoms with Crippen LogP contribution in [0.1, 0.15) is 0 Å². The standard InChI is InChI=1S/C64H42N2O.C60H40N2O/c1-2-15-55-49(11-1)12-10-21-60(55)65(53-38-33-46(34-39-53)44-25-29-48(30-26-44)51-35-40-59-58-18-5-8-22-63(58)67-64(59)42-51)52-36-31-45(32-37-52)43-23-27-47(28-24-43)50-13-9-14-54(41-50)66-61-19-6-3-16-56(61)57-17-4-7-20-62(57)66;1-2-12-49(13-3-1)61(51-36-31-44(32-37-51)42-23-27-46(28-24-42)48-33-38-56-55-17-6-9-20-59(55)63-60(56)40-48)50-34-29-43(30-35-50)41-21-25-45(26-22-41)47-11-10-14-52(39-47)62-57-18-7-4-15-53(57)54-16-5-8-19-58(54)62/h1-42H;1-40H. The summed E-state index contributed by atoms with van der Waals surface area (Å²) in [6.45, 7) is 0. The molecule has 6 nitrogen and oxygen atoms in total. The van der Waals surface area contributed by atoms with Crippen LogP contribution in [0.3, 0.4) is 0 Å². The molecule has 130 heavy (non-hydrogen) atoms. The van der Waals surface area contributed by atoms with Gasteiger partial charge in [0.1, 0.15) is 22.3 Å². The lowest BCUT2D eigenvalue weighted by atomic mass is 9.98. The maximum absolute atomic E-state index is 6.19. The van der Waals surface area contributed by atoms with Crippen molar-refractivity contribution in [2.45, 2.75) is 0 Å². The first-order valence-electron chi connectivity index (χ1n) is 44.4. The quantitative estimate of drug-likeness (QED) is 0.0967. The van der Waals surface area contributed by atoms with Crippen LogP contribution in [0.4, 0.5) is 34.1 Å². The fraction of sp³-hybridized carbons (Fsp3) is 0. The van der Waals surface area contributed by atoms with E-state index in [1.165, 1.54) is 116 Å². The summed E-state index contributed by atoms with van der Waals surface area (Å²) < 4.78 is 17.1. The van der Waals surface area contributed by atoms with Gasteiger partial charge in [0, 0.05) is 88.3 Å². The molecule has 0 bridgehead atoms. The predicted molar refractivity (Wildman–Crippen MR) is 546 cm³/mol. The third-order valence-electron chi connectivity index (χ3n) is 25.9. The maximum Gasteiger partial charge on any atom is 0.136 e. The van der Waals surface area contributed by atoms with E-state index in [1.54, 1.807) is 0 Å². The lowest BCUT2D eigenvalue weighted by molar-refractivity contribution is 0.668. The van der Waals surface area contributed by atoms with E-state index < -0.39 is 0 Å². The molecule has 0 N–H and O–H groups in total. The summed E-state index contributed by atoms with van der Waals surface area (Å²) in [4.78, 5) is 4.69. The largest absolute Gasteiger partial charge is 0.456 e. The van der Waals surface area contributed by atoms with Crippen LogP contribution in [0.15, 0.2) is 506 Å². The van der Waals surface area contributed by atoms with E-state index in [9.17, 15) is 0 Å². The van der Waals surface area contributed by atoms with Crippen molar-refractivity contribution in [1.82, 2.24) is 9.13 Å². The van der Waals surface area contributed by atoms with Crippen molar-refractivity contribution < 1.29 is 8.83 Å². The van der Waals surface area contributed by atoms with Gasteiger partial charge in [-0.2, -0.15) is 0 Å². The third-order valence-corrected chi connectivity index (χ3v) is 25.9. The van der Waals surface area contributed by atoms with E-state index in [2.05, 4.69) is 492 Å². The lowest BCUT2D eigenvalue weighted by Crippen LogP contribution is -2.10. The summed E-state index contributed by atoms with van der Waals surface area (Å²) in [6, 6.07) is 179. The van der Waals surface area contributed by atoms with Gasteiger partial charge in [0.15, 0.2) is 0 Å². The minimum Gasteiger partial charge on any atom is -0.456 e. The number of nitrogens with zero attached hydrogens (tertiary/aromatic N) is 4. The van der Waals surface area contributed by atoms with E-state index in [0.29, 0.717) is 0 Å². The number of hydrogen-bond donors (Lipinski definition) is 0. The van der Waals surface area contributed by atoms with Crippen molar-refractivity contribution in [2.75, 3.05) is 9.80 Å². The average molecular weight is 1660 g/mol. The number of hydrogen-bond acceptors (Lipinski definition) is 4. The van der Waals surface area contributed by atoms with Gasteiger partial charge in [-0.3, -0.25) is 0 Å². The van der Waals surface area contributed by atoms with Gasteiger partial charge in [0.2, 0.25) is 0 Å². The molecule has 21 aromatic carbocycles. The van der Waals surface area contributed by atoms with Gasteiger partial charge in [0.05, 0.1) is 27.8 Å². The third kappa shape index (κ3) is 14.1. The highest BCUT2D eigenvalue weighted by molar-refractivity contribution is 6.12. The molecule has 0 amide bonds. The SMILES string of the molecule is c1cc(-c2ccc(-c3ccc(N(c4ccc(-c5ccc(-c6ccc7c(c6)oc6ccccc67)cc5)cc4)c4cccc5ccccc45)cc3)cc2)cc(-n2c3ccccc3c3ccccc32)c1.c1ccc(N(c2ccc(-c3ccc(-c4cccc(-n5c6ccccc6c6ccccc65)c4)cc3)cc2)c2ccc(-c3ccc(-c4ccc5c(c4)oc4ccccc45)cc3)cc2)cc1. The molecule has 0 aliphatic carbocycles. The normalized spacial score (nSPS) is 11.5. The molecule has 0 spiro atoms. The van der Waals surface area contributed by atoms with Gasteiger partial charge in [-0.05, 0) is 246 Å². The molecular weight excluding hydrogens is 1580 g/mol. The molecular formula is C124H82N4O2. The number of anilines is 6. The van der Waals surface area contributed by atoms with Crippen molar-refractivity contribution >= 4 is 132 Å². The molecule has 25 rings (SSSR count). The van der Waals surface area contributed by atoms with E-state index in [4.69, 9.17) is 8.83 Å². The highest BCUT2D eigenvalue weighted by Crippen LogP contribution is 2.45. The number of rotatable bonds is 16. The molecule has 0 unspecified atom stereocenters. The van der Waals surface area contributed by atoms with Gasteiger partial charge in [-0.15, -0.1) is 0 Å². The van der Waals surface area contributed by atoms with E-state index in [1.807, 2.05) is 24.3 Å². The van der Waals surface area contributed by atoms with Gasteiger partial charge < -0.3 is 27.8 Å². The second-order valence-corrected chi connectivity index (χ2v) is 33.5. The summed E-state index contributed by atoms with van der Waals surface area (Å²) in [6.07, 6.45) is 0. The van der Waals surface area contributed by atoms with Crippen LogP contribution in [-0.2, 0) is 0 Å². The molecule has 25 aromatic rings. The first kappa shape index (κ1) is 76.3. The van der Waals surface area contributed by atoms with Gasteiger partial charge in [-0.1, -0.05) is 346 Å². The Morgan fingerprint density at radius 1 is 0.146 bits per heavy atom. The molecule has 6 heteroatoms. The Hall–Kier alpha value is -17.3. The Balaban J connectivity index is 0.000000144. The minimum absolute atomic E-state index is 0.910. The van der Waals surface area contributed by atoms with Crippen molar-refractivity contribution in [3.63, 3.8) is 0 Å². The first-order valence-corrected chi connectivity index (χ1v) is 44.4. The molecule has 4 heterocycles. The van der Waals surface area contributed by atoms with E-state index >= 15 is 0 Å². The zero-order valence-corrected chi connectivity index (χ0v) is 70.9. The molecule has 0 radical (unpaired) electrons. The molecule has 0 saturated heterocycles. The van der Waals surface area contributed by atoms with Crippen molar-refractivity contribution in [3.05, 3.63) is 497 Å². The summed E-state index contributed by atoms with van der Waals surface area (Å²) >= 11 is 0. The van der Waals surface area contributed by atoms with Crippen LogP contribution in [0.5, 0.6) is 0 Å². The first-order chi connectivity index (χ1) is 64.4. The van der Waals surface area contributed by atoms with E-state index in [0.717, 1.165) is 117 Å². The van der Waals surface area contributed by atoms with Gasteiger partial charge in [-0.25, -0.2) is 0 Å². The average Bonchev–Trinajstić information content (AvgIpc) is 1.60. The number of aromatic nitrogens is 2. The molecule has 0 aliphatic heterocycles. The summed E-state index contributed by atoms with van der Waals surface area (Å²) in [5.74, 6) is 0. The van der Waals surface area contributed by atoms with Gasteiger partial charge >= 0.3 is 0 Å². The fourth-order valence-electron chi connectivity index (χ4n) is 19.3. The summed E-state index contributed by atoms with van der Waals surface area (Å²) in [5, 5.41) is 12.1. The molecule has 0 atom stereocenters. The smallest absolute Gasteiger partial charge is 0.136 e. The zero-order valence-electron chi connectivity index (χ0n) is 70.9. The Morgan fingerprint density at radius 2 is 0.392 bits per heavy atom. The molecule has 0 fully saturated rings. The van der Waals surface area contributed by atoms with Crippen LogP contribution in [-0.4, -0.2) is 9.13 Å². The van der Waals surface area contributed by atoms with Crippen LogP contribution in [0.2, 0.25) is 0 Å². The predicted octanol–water partition coefficient (Wildman–Crippen LogP) is 34.8. The van der Waals surface area contributed by atoms with Crippen LogP contribution in [0.25, 0.3) is 199 Å². The Kier molecular flexibility index (Phi) is 19.2. The Morgan fingerprint density at radius 3 is 0.754 bits per heavy atom. The van der Waals surface area contributed by atoms with Crippen LogP contribution < -0.4 is 9.80 Å². The topological polar surface area (TPSA) is 42.6 Å². The van der Waals surface area contributed by atoms with Crippen molar-refractivity contribution in [1.29, 1.82) is 0 Å². The van der Waals surface area contributed by atoms with Crippen molar-refractivity contribution in [2.24, 2.45) is 0 Å². The molecule has 610 valence electrons. The minimum atomic E-state index is 0.910. The molecule has 0 aliphatic rings. The van der Waals surface area contributed by atoms with Crippen LogP contribution in [0, 0.1) is 0 Å². The number of para-hydroxylation sites is 7. The Labute approximate surface area is 752 Å². The molecule has 4 aromatic heterocycles. The number of furan rings is 2.